The van der Waals surface area contributed by atoms with Gasteiger partial charge in [0.2, 0.25) is 0 Å². The molecular formula is C13H24N4O2. The molecule has 3 N–H and O–H groups in total. The molecule has 19 heavy (non-hydrogen) atoms. The van der Waals surface area contributed by atoms with Crippen molar-refractivity contribution in [1.82, 2.24) is 15.1 Å². The molecule has 0 saturated carbocycles. The third-order valence-corrected chi connectivity index (χ3v) is 3.12. The lowest BCUT2D eigenvalue weighted by Crippen LogP contribution is -2.37. The number of amides is 1. The lowest BCUT2D eigenvalue weighted by atomic mass is 10.2. The van der Waals surface area contributed by atoms with Crippen LogP contribution in [0.15, 0.2) is 6.20 Å². The van der Waals surface area contributed by atoms with Gasteiger partial charge in [-0.25, -0.2) is 0 Å². The highest BCUT2D eigenvalue weighted by atomic mass is 16.5. The number of carbonyl (C=O) groups is 1. The SMILES string of the molecule is CCC(COC)NC(=O)c1cnn(CCCN)c1C. The number of aryl methyl sites for hydroxylation is 1. The van der Waals surface area contributed by atoms with Crippen molar-refractivity contribution in [2.45, 2.75) is 39.3 Å². The molecule has 1 atom stereocenters. The number of nitrogens with one attached hydrogen (secondary N) is 1. The van der Waals surface area contributed by atoms with Crippen molar-refractivity contribution in [2.24, 2.45) is 5.73 Å². The predicted octanol–water partition coefficient (Wildman–Crippen LogP) is 0.695. The van der Waals surface area contributed by atoms with E-state index < -0.39 is 0 Å². The van der Waals surface area contributed by atoms with Crippen molar-refractivity contribution in [3.8, 4) is 0 Å². The number of aromatic nitrogens is 2. The average Bonchev–Trinajstić information content (AvgIpc) is 2.77. The van der Waals surface area contributed by atoms with E-state index in [0.717, 1.165) is 25.1 Å². The second-order valence-electron chi connectivity index (χ2n) is 4.54. The summed E-state index contributed by atoms with van der Waals surface area (Å²) in [5.74, 6) is -0.0969. The van der Waals surface area contributed by atoms with Crippen molar-refractivity contribution >= 4 is 5.91 Å². The molecule has 0 aliphatic rings. The van der Waals surface area contributed by atoms with Gasteiger partial charge in [-0.2, -0.15) is 5.10 Å². The lowest BCUT2D eigenvalue weighted by molar-refractivity contribution is 0.0894. The summed E-state index contributed by atoms with van der Waals surface area (Å²) in [7, 11) is 1.63. The first-order chi connectivity index (χ1) is 9.13. The molecule has 1 rings (SSSR count). The van der Waals surface area contributed by atoms with Crippen molar-refractivity contribution in [1.29, 1.82) is 0 Å². The Kier molecular flexibility index (Phi) is 6.52. The molecule has 1 heterocycles. The van der Waals surface area contributed by atoms with E-state index in [9.17, 15) is 4.79 Å². The number of carbonyl (C=O) groups excluding carboxylic acids is 1. The van der Waals surface area contributed by atoms with E-state index in [1.165, 1.54) is 0 Å². The zero-order chi connectivity index (χ0) is 14.3. The number of nitrogens with zero attached hydrogens (tertiary/aromatic N) is 2. The Morgan fingerprint density at radius 1 is 1.63 bits per heavy atom. The Bertz CT molecular complexity index is 403. The molecule has 1 aromatic rings. The summed E-state index contributed by atoms with van der Waals surface area (Å²) in [6, 6.07) is 0.0318. The van der Waals surface area contributed by atoms with Gasteiger partial charge in [-0.3, -0.25) is 9.48 Å². The summed E-state index contributed by atoms with van der Waals surface area (Å²) in [6.07, 6.45) is 3.30. The van der Waals surface area contributed by atoms with Crippen molar-refractivity contribution in [2.75, 3.05) is 20.3 Å². The van der Waals surface area contributed by atoms with E-state index in [1.54, 1.807) is 13.3 Å². The summed E-state index contributed by atoms with van der Waals surface area (Å²) in [5, 5.41) is 7.17. The maximum atomic E-state index is 12.2. The van der Waals surface area contributed by atoms with Gasteiger partial charge in [-0.05, 0) is 26.3 Å². The molecule has 0 aliphatic carbocycles. The summed E-state index contributed by atoms with van der Waals surface area (Å²) >= 11 is 0. The standard InChI is InChI=1S/C13H24N4O2/c1-4-11(9-19-3)16-13(18)12-8-15-17(10(12)2)7-5-6-14/h8,11H,4-7,9,14H2,1-3H3,(H,16,18). The largest absolute Gasteiger partial charge is 0.383 e. The highest BCUT2D eigenvalue weighted by molar-refractivity contribution is 5.95. The van der Waals surface area contributed by atoms with Crippen LogP contribution in [0.4, 0.5) is 0 Å². The highest BCUT2D eigenvalue weighted by Crippen LogP contribution is 2.08. The second-order valence-corrected chi connectivity index (χ2v) is 4.54. The fourth-order valence-corrected chi connectivity index (χ4v) is 1.86. The summed E-state index contributed by atoms with van der Waals surface area (Å²) in [6.45, 7) is 5.79. The number of rotatable bonds is 8. The van der Waals surface area contributed by atoms with E-state index >= 15 is 0 Å². The Balaban J connectivity index is 2.68. The molecule has 108 valence electrons. The minimum Gasteiger partial charge on any atom is -0.383 e. The van der Waals surface area contributed by atoms with Crippen LogP contribution in [0.2, 0.25) is 0 Å². The minimum atomic E-state index is -0.0969. The monoisotopic (exact) mass is 268 g/mol. The topological polar surface area (TPSA) is 82.2 Å². The van der Waals surface area contributed by atoms with Crippen LogP contribution in [0.1, 0.15) is 35.8 Å². The van der Waals surface area contributed by atoms with Crippen LogP contribution in [0.25, 0.3) is 0 Å². The maximum absolute atomic E-state index is 12.2. The lowest BCUT2D eigenvalue weighted by Gasteiger charge is -2.15. The number of hydrogen-bond donors (Lipinski definition) is 2. The van der Waals surface area contributed by atoms with Crippen LogP contribution in [0.3, 0.4) is 0 Å². The predicted molar refractivity (Wildman–Crippen MR) is 74.1 cm³/mol. The molecule has 0 radical (unpaired) electrons. The van der Waals surface area contributed by atoms with Gasteiger partial charge in [0.05, 0.1) is 24.4 Å². The third kappa shape index (κ3) is 4.33. The minimum absolute atomic E-state index is 0.0318. The molecule has 1 unspecified atom stereocenters. The number of ether oxygens (including phenoxy) is 1. The van der Waals surface area contributed by atoms with Crippen molar-refractivity contribution in [3.63, 3.8) is 0 Å². The molecule has 0 saturated heterocycles. The second kappa shape index (κ2) is 7.91. The Hall–Kier alpha value is -1.40. The van der Waals surface area contributed by atoms with Crippen molar-refractivity contribution < 1.29 is 9.53 Å². The first kappa shape index (κ1) is 15.7. The quantitative estimate of drug-likeness (QED) is 0.727. The van der Waals surface area contributed by atoms with E-state index in [-0.39, 0.29) is 11.9 Å². The molecule has 0 bridgehead atoms. The molecule has 6 nitrogen and oxygen atoms in total. The van der Waals surface area contributed by atoms with Crippen LogP contribution in [-0.4, -0.2) is 42.0 Å². The maximum Gasteiger partial charge on any atom is 0.255 e. The van der Waals surface area contributed by atoms with Crippen LogP contribution >= 0.6 is 0 Å². The Labute approximate surface area is 114 Å². The first-order valence-electron chi connectivity index (χ1n) is 6.66. The summed E-state index contributed by atoms with van der Waals surface area (Å²) < 4.78 is 6.89. The number of nitrogens with two attached hydrogens (primary N) is 1. The van der Waals surface area contributed by atoms with Crippen LogP contribution in [-0.2, 0) is 11.3 Å². The molecule has 0 fully saturated rings. The van der Waals surface area contributed by atoms with Crippen molar-refractivity contribution in [3.05, 3.63) is 17.5 Å². The van der Waals surface area contributed by atoms with Gasteiger partial charge in [0.25, 0.3) is 5.91 Å². The van der Waals surface area contributed by atoms with Gasteiger partial charge in [-0.15, -0.1) is 0 Å². The normalized spacial score (nSPS) is 12.4. The highest BCUT2D eigenvalue weighted by Gasteiger charge is 2.17. The summed E-state index contributed by atoms with van der Waals surface area (Å²) in [5.41, 5.74) is 6.97. The summed E-state index contributed by atoms with van der Waals surface area (Å²) in [4.78, 5) is 12.2. The van der Waals surface area contributed by atoms with Gasteiger partial charge in [0, 0.05) is 19.3 Å². The smallest absolute Gasteiger partial charge is 0.255 e. The first-order valence-corrected chi connectivity index (χ1v) is 6.66. The van der Waals surface area contributed by atoms with Gasteiger partial charge in [0.1, 0.15) is 0 Å². The van der Waals surface area contributed by atoms with Gasteiger partial charge < -0.3 is 15.8 Å². The van der Waals surface area contributed by atoms with E-state index in [1.807, 2.05) is 18.5 Å². The zero-order valence-electron chi connectivity index (χ0n) is 12.0. The third-order valence-electron chi connectivity index (χ3n) is 3.12. The Morgan fingerprint density at radius 3 is 2.95 bits per heavy atom. The van der Waals surface area contributed by atoms with Crippen LogP contribution < -0.4 is 11.1 Å². The molecule has 6 heteroatoms. The average molecular weight is 268 g/mol. The number of methoxy groups -OCH3 is 1. The van der Waals surface area contributed by atoms with E-state index in [0.29, 0.717) is 18.7 Å². The fourth-order valence-electron chi connectivity index (χ4n) is 1.86. The molecular weight excluding hydrogens is 244 g/mol. The molecule has 1 aromatic heterocycles. The molecule has 0 aliphatic heterocycles. The molecule has 0 aromatic carbocycles. The molecule has 0 spiro atoms. The Morgan fingerprint density at radius 2 is 2.37 bits per heavy atom. The van der Waals surface area contributed by atoms with Gasteiger partial charge in [-0.1, -0.05) is 6.92 Å². The fraction of sp³-hybridized carbons (Fsp3) is 0.692. The number of hydrogen-bond acceptors (Lipinski definition) is 4. The van der Waals surface area contributed by atoms with E-state index in [4.69, 9.17) is 10.5 Å². The van der Waals surface area contributed by atoms with Crippen LogP contribution in [0, 0.1) is 6.92 Å². The molecule has 1 amide bonds. The van der Waals surface area contributed by atoms with Gasteiger partial charge in [0.15, 0.2) is 0 Å². The van der Waals surface area contributed by atoms with Gasteiger partial charge >= 0.3 is 0 Å². The zero-order valence-corrected chi connectivity index (χ0v) is 12.0. The van der Waals surface area contributed by atoms with E-state index in [2.05, 4.69) is 10.4 Å². The van der Waals surface area contributed by atoms with Crippen LogP contribution in [0.5, 0.6) is 0 Å².